The predicted molar refractivity (Wildman–Crippen MR) is 95.1 cm³/mol. The second-order valence-corrected chi connectivity index (χ2v) is 6.57. The number of hydrogen-bond donors (Lipinski definition) is 0. The Bertz CT molecular complexity index is 657. The second-order valence-electron chi connectivity index (χ2n) is 6.57. The van der Waals surface area contributed by atoms with Gasteiger partial charge in [-0.2, -0.15) is 0 Å². The maximum atomic E-state index is 11.7. The lowest BCUT2D eigenvalue weighted by Gasteiger charge is -2.20. The normalized spacial score (nSPS) is 18.5. The number of Topliss-reactive ketones (excluding diaryl/α,β-unsaturated/α-hetero) is 1. The highest BCUT2D eigenvalue weighted by molar-refractivity contribution is 5.77. The zero-order valence-electron chi connectivity index (χ0n) is 14.5. The van der Waals surface area contributed by atoms with E-state index in [-0.39, 0.29) is 17.8 Å². The molecule has 1 aliphatic carbocycles. The van der Waals surface area contributed by atoms with Gasteiger partial charge in [-0.05, 0) is 50.3 Å². The number of methoxy groups -OCH3 is 1. The molecule has 1 atom stereocenters. The largest absolute Gasteiger partial charge is 0.493 e. The number of rotatable bonds is 7. The van der Waals surface area contributed by atoms with Crippen LogP contribution < -0.4 is 9.47 Å². The van der Waals surface area contributed by atoms with Gasteiger partial charge in [0.15, 0.2) is 11.5 Å². The van der Waals surface area contributed by atoms with Crippen LogP contribution in [-0.4, -0.2) is 25.2 Å². The third kappa shape index (κ3) is 3.86. The van der Waals surface area contributed by atoms with Gasteiger partial charge in [0.2, 0.25) is 0 Å². The molecule has 1 heterocycles. The number of carbonyl (C=O) groups is 1. The molecule has 1 aromatic rings. The molecule has 0 spiro atoms. The van der Waals surface area contributed by atoms with Crippen molar-refractivity contribution in [2.24, 2.45) is 4.99 Å². The molecule has 1 aliphatic heterocycles. The van der Waals surface area contributed by atoms with Gasteiger partial charge >= 0.3 is 0 Å². The van der Waals surface area contributed by atoms with Crippen molar-refractivity contribution < 1.29 is 14.3 Å². The van der Waals surface area contributed by atoms with E-state index in [1.807, 2.05) is 24.4 Å². The van der Waals surface area contributed by atoms with Crippen LogP contribution in [0, 0.1) is 0 Å². The fourth-order valence-electron chi connectivity index (χ4n) is 3.49. The van der Waals surface area contributed by atoms with Gasteiger partial charge in [0.05, 0.1) is 13.2 Å². The molecule has 24 heavy (non-hydrogen) atoms. The third-order valence-electron chi connectivity index (χ3n) is 4.71. The minimum absolute atomic E-state index is 0.0157. The van der Waals surface area contributed by atoms with Gasteiger partial charge in [0.25, 0.3) is 0 Å². The molecule has 0 amide bonds. The lowest BCUT2D eigenvalue weighted by molar-refractivity contribution is -0.117. The second kappa shape index (κ2) is 7.65. The third-order valence-corrected chi connectivity index (χ3v) is 4.71. The molecule has 0 radical (unpaired) electrons. The molecule has 1 unspecified atom stereocenters. The lowest BCUT2D eigenvalue weighted by Crippen LogP contribution is -2.12. The summed E-state index contributed by atoms with van der Waals surface area (Å²) in [6.45, 7) is 1.63. The first kappa shape index (κ1) is 16.7. The van der Waals surface area contributed by atoms with Crippen LogP contribution in [0.3, 0.4) is 0 Å². The van der Waals surface area contributed by atoms with Gasteiger partial charge in [-0.15, -0.1) is 0 Å². The summed E-state index contributed by atoms with van der Waals surface area (Å²) in [6.07, 6.45) is 10.2. The molecule has 0 aromatic heterocycles. The van der Waals surface area contributed by atoms with Crippen LogP contribution in [-0.2, 0) is 4.79 Å². The zero-order chi connectivity index (χ0) is 16.9. The number of benzene rings is 1. The first-order chi connectivity index (χ1) is 11.7. The fraction of sp³-hybridized carbons (Fsp3) is 0.500. The number of ketones is 1. The highest BCUT2D eigenvalue weighted by Crippen LogP contribution is 2.38. The molecule has 4 heteroatoms. The quantitative estimate of drug-likeness (QED) is 0.744. The molecular weight excluding hydrogens is 302 g/mol. The van der Waals surface area contributed by atoms with Crippen molar-refractivity contribution in [3.8, 4) is 11.5 Å². The van der Waals surface area contributed by atoms with E-state index in [1.165, 1.54) is 12.8 Å². The minimum atomic E-state index is -0.0157. The summed E-state index contributed by atoms with van der Waals surface area (Å²) in [5.41, 5.74) is 2.03. The van der Waals surface area contributed by atoms with Gasteiger partial charge in [-0.1, -0.05) is 12.1 Å². The molecule has 0 saturated heterocycles. The Hall–Kier alpha value is -2.10. The highest BCUT2D eigenvalue weighted by atomic mass is 16.5. The summed E-state index contributed by atoms with van der Waals surface area (Å²) in [5, 5.41) is 0. The van der Waals surface area contributed by atoms with Crippen LogP contribution in [0.15, 0.2) is 35.0 Å². The first-order valence-corrected chi connectivity index (χ1v) is 8.74. The maximum absolute atomic E-state index is 11.7. The van der Waals surface area contributed by atoms with E-state index < -0.39 is 0 Å². The summed E-state index contributed by atoms with van der Waals surface area (Å²) in [7, 11) is 1.66. The monoisotopic (exact) mass is 327 g/mol. The Kier molecular flexibility index (Phi) is 5.34. The Morgan fingerprint density at radius 1 is 1.29 bits per heavy atom. The SMILES string of the molecule is COc1ccc(C(CC(C)=O)C2=CCC=N2)cc1OC1CCCC1. The Morgan fingerprint density at radius 3 is 2.71 bits per heavy atom. The Balaban J connectivity index is 1.89. The number of carbonyl (C=O) groups excluding carboxylic acids is 1. The van der Waals surface area contributed by atoms with Crippen molar-refractivity contribution in [2.45, 2.75) is 57.5 Å². The summed E-state index contributed by atoms with van der Waals surface area (Å²) in [5.74, 6) is 1.67. The van der Waals surface area contributed by atoms with Gasteiger partial charge in [-0.3, -0.25) is 9.79 Å². The molecule has 0 N–H and O–H groups in total. The molecule has 1 aromatic carbocycles. The van der Waals surface area contributed by atoms with Crippen molar-refractivity contribution in [1.29, 1.82) is 0 Å². The van der Waals surface area contributed by atoms with E-state index in [9.17, 15) is 4.79 Å². The van der Waals surface area contributed by atoms with E-state index in [4.69, 9.17) is 9.47 Å². The maximum Gasteiger partial charge on any atom is 0.161 e. The zero-order valence-corrected chi connectivity index (χ0v) is 14.5. The average molecular weight is 327 g/mol. The molecule has 128 valence electrons. The topological polar surface area (TPSA) is 47.9 Å². The molecule has 2 aliphatic rings. The van der Waals surface area contributed by atoms with E-state index >= 15 is 0 Å². The molecule has 4 nitrogen and oxygen atoms in total. The molecule has 3 rings (SSSR count). The van der Waals surface area contributed by atoms with Crippen LogP contribution in [0.2, 0.25) is 0 Å². The average Bonchev–Trinajstić information content (AvgIpc) is 3.26. The highest BCUT2D eigenvalue weighted by Gasteiger charge is 2.23. The molecule has 1 fully saturated rings. The summed E-state index contributed by atoms with van der Waals surface area (Å²) >= 11 is 0. The molecular formula is C20H25NO3. The van der Waals surface area contributed by atoms with Crippen LogP contribution >= 0.6 is 0 Å². The number of hydrogen-bond acceptors (Lipinski definition) is 4. The first-order valence-electron chi connectivity index (χ1n) is 8.74. The smallest absolute Gasteiger partial charge is 0.161 e. The standard InChI is InChI=1S/C20H25NO3/c1-14(22)12-17(18-8-5-11-21-18)15-9-10-19(23-2)20(13-15)24-16-6-3-4-7-16/h8-11,13,16-17H,3-7,12H2,1-2H3. The Morgan fingerprint density at radius 2 is 2.08 bits per heavy atom. The summed E-state index contributed by atoms with van der Waals surface area (Å²) in [4.78, 5) is 16.2. The van der Waals surface area contributed by atoms with E-state index in [1.54, 1.807) is 14.0 Å². The predicted octanol–water partition coefficient (Wildman–Crippen LogP) is 4.44. The van der Waals surface area contributed by atoms with Crippen LogP contribution in [0.5, 0.6) is 11.5 Å². The number of nitrogens with zero attached hydrogens (tertiary/aromatic N) is 1. The lowest BCUT2D eigenvalue weighted by atomic mass is 9.90. The molecule has 0 bridgehead atoms. The van der Waals surface area contributed by atoms with Gasteiger partial charge in [0.1, 0.15) is 5.78 Å². The van der Waals surface area contributed by atoms with Crippen molar-refractivity contribution in [2.75, 3.05) is 7.11 Å². The number of aliphatic imine (C=N–C) groups is 1. The molecule has 1 saturated carbocycles. The van der Waals surface area contributed by atoms with Gasteiger partial charge in [-0.25, -0.2) is 0 Å². The fourth-order valence-corrected chi connectivity index (χ4v) is 3.49. The van der Waals surface area contributed by atoms with E-state index in [0.717, 1.165) is 42.0 Å². The Labute approximate surface area is 143 Å². The summed E-state index contributed by atoms with van der Waals surface area (Å²) < 4.78 is 11.6. The number of allylic oxidation sites excluding steroid dienone is 2. The van der Waals surface area contributed by atoms with E-state index in [0.29, 0.717) is 6.42 Å². The number of ether oxygens (including phenoxy) is 2. The van der Waals surface area contributed by atoms with Gasteiger partial charge in [0, 0.05) is 30.7 Å². The van der Waals surface area contributed by atoms with Crippen LogP contribution in [0.1, 0.15) is 56.9 Å². The van der Waals surface area contributed by atoms with Gasteiger partial charge < -0.3 is 9.47 Å². The van der Waals surface area contributed by atoms with Crippen LogP contribution in [0.4, 0.5) is 0 Å². The van der Waals surface area contributed by atoms with Crippen LogP contribution in [0.25, 0.3) is 0 Å². The minimum Gasteiger partial charge on any atom is -0.493 e. The summed E-state index contributed by atoms with van der Waals surface area (Å²) in [6, 6.07) is 5.98. The van der Waals surface area contributed by atoms with Crippen molar-refractivity contribution >= 4 is 12.0 Å². The van der Waals surface area contributed by atoms with Crippen molar-refractivity contribution in [1.82, 2.24) is 0 Å². The van der Waals surface area contributed by atoms with E-state index in [2.05, 4.69) is 11.1 Å². The van der Waals surface area contributed by atoms with Crippen molar-refractivity contribution in [3.63, 3.8) is 0 Å². The van der Waals surface area contributed by atoms with Crippen molar-refractivity contribution in [3.05, 3.63) is 35.5 Å².